The lowest BCUT2D eigenvalue weighted by Crippen LogP contribution is -2.18. The molecule has 1 N–H and O–H groups in total. The lowest BCUT2D eigenvalue weighted by atomic mass is 10.0. The van der Waals surface area contributed by atoms with Gasteiger partial charge in [-0.3, -0.25) is 9.59 Å². The zero-order valence-corrected chi connectivity index (χ0v) is 18.5. The van der Waals surface area contributed by atoms with Crippen molar-refractivity contribution in [1.29, 1.82) is 0 Å². The Morgan fingerprint density at radius 3 is 2.32 bits per heavy atom. The fraction of sp³-hybridized carbons (Fsp3) is 0.115. The summed E-state index contributed by atoms with van der Waals surface area (Å²) in [6.45, 7) is -0.479. The van der Waals surface area contributed by atoms with E-state index < -0.39 is 18.5 Å². The van der Waals surface area contributed by atoms with Crippen LogP contribution in [0.15, 0.2) is 77.4 Å². The van der Waals surface area contributed by atoms with E-state index in [0.717, 1.165) is 10.8 Å². The number of ketones is 1. The van der Waals surface area contributed by atoms with Crippen LogP contribution in [0.2, 0.25) is 0 Å². The van der Waals surface area contributed by atoms with E-state index in [-0.39, 0.29) is 28.5 Å². The monoisotopic (exact) mass is 459 g/mol. The van der Waals surface area contributed by atoms with Gasteiger partial charge in [0.2, 0.25) is 5.78 Å². The lowest BCUT2D eigenvalue weighted by molar-refractivity contribution is 0.0476. The number of nitrogens with one attached hydrogen (secondary N) is 1. The van der Waals surface area contributed by atoms with E-state index in [1.807, 2.05) is 30.3 Å². The van der Waals surface area contributed by atoms with Gasteiger partial charge in [-0.2, -0.15) is 0 Å². The summed E-state index contributed by atoms with van der Waals surface area (Å²) in [7, 11) is 2.84. The van der Waals surface area contributed by atoms with E-state index in [1.54, 1.807) is 18.2 Å². The number of hydrogen-bond donors (Lipinski definition) is 1. The first-order valence-corrected chi connectivity index (χ1v) is 10.3. The number of ether oxygens (including phenoxy) is 3. The van der Waals surface area contributed by atoms with Crippen LogP contribution in [0.4, 0.5) is 5.69 Å². The Kier molecular flexibility index (Phi) is 6.59. The zero-order chi connectivity index (χ0) is 24.1. The van der Waals surface area contributed by atoms with Crippen LogP contribution in [0.3, 0.4) is 0 Å². The highest BCUT2D eigenvalue weighted by Crippen LogP contribution is 2.34. The van der Waals surface area contributed by atoms with Gasteiger partial charge < -0.3 is 23.9 Å². The van der Waals surface area contributed by atoms with Crippen LogP contribution in [-0.4, -0.2) is 38.5 Å². The van der Waals surface area contributed by atoms with Crippen LogP contribution in [0.1, 0.15) is 31.3 Å². The summed E-state index contributed by atoms with van der Waals surface area (Å²) in [6, 6.07) is 18.7. The molecule has 0 aliphatic heterocycles. The number of hydrogen-bond acceptors (Lipinski definition) is 7. The highest BCUT2D eigenvalue weighted by molar-refractivity contribution is 6.10. The molecule has 8 nitrogen and oxygen atoms in total. The highest BCUT2D eigenvalue weighted by Gasteiger charge is 2.22. The predicted molar refractivity (Wildman–Crippen MR) is 125 cm³/mol. The molecule has 3 aromatic carbocycles. The van der Waals surface area contributed by atoms with E-state index in [9.17, 15) is 14.4 Å². The van der Waals surface area contributed by atoms with E-state index in [4.69, 9.17) is 18.6 Å². The molecule has 0 aliphatic rings. The smallest absolute Gasteiger partial charge is 0.340 e. The molecule has 1 aromatic heterocycles. The van der Waals surface area contributed by atoms with Crippen molar-refractivity contribution in [2.24, 2.45) is 0 Å². The number of carbonyl (C=O) groups excluding carboxylic acids is 3. The van der Waals surface area contributed by atoms with Gasteiger partial charge in [-0.1, -0.05) is 42.5 Å². The number of benzene rings is 3. The number of furan rings is 1. The van der Waals surface area contributed by atoms with Crippen molar-refractivity contribution in [3.63, 3.8) is 0 Å². The maximum absolute atomic E-state index is 13.0. The molecule has 0 saturated heterocycles. The zero-order valence-electron chi connectivity index (χ0n) is 18.5. The molecule has 0 saturated carbocycles. The standard InChI is InChI=1S/C26H21NO7/c1-31-23-13-19(20(14-24(23)32-2)27-25(29)22-11-6-12-33-22)26(30)34-15-21(28)18-10-5-8-16-7-3-4-9-17(16)18/h3-14H,15H2,1-2H3,(H,27,29). The van der Waals surface area contributed by atoms with E-state index in [2.05, 4.69) is 5.32 Å². The Labute approximate surface area is 195 Å². The molecule has 0 atom stereocenters. The Balaban J connectivity index is 1.58. The van der Waals surface area contributed by atoms with Crippen LogP contribution < -0.4 is 14.8 Å². The molecule has 0 spiro atoms. The topological polar surface area (TPSA) is 104 Å². The molecule has 1 heterocycles. The summed E-state index contributed by atoms with van der Waals surface area (Å²) >= 11 is 0. The third-order valence-corrected chi connectivity index (χ3v) is 5.16. The van der Waals surface area contributed by atoms with Gasteiger partial charge in [-0.25, -0.2) is 4.79 Å². The predicted octanol–water partition coefficient (Wildman–Crippen LogP) is 4.74. The minimum absolute atomic E-state index is 0.0109. The number of fused-ring (bicyclic) bond motifs is 1. The molecule has 1 amide bonds. The van der Waals surface area contributed by atoms with Crippen molar-refractivity contribution in [3.8, 4) is 11.5 Å². The van der Waals surface area contributed by atoms with Gasteiger partial charge >= 0.3 is 5.97 Å². The first kappa shape index (κ1) is 22.6. The lowest BCUT2D eigenvalue weighted by Gasteiger charge is -2.15. The molecule has 0 radical (unpaired) electrons. The quantitative estimate of drug-likeness (QED) is 0.300. The average molecular weight is 459 g/mol. The number of carbonyl (C=O) groups is 3. The van der Waals surface area contributed by atoms with Crippen molar-refractivity contribution >= 4 is 34.1 Å². The van der Waals surface area contributed by atoms with Gasteiger partial charge in [0.05, 0.1) is 31.7 Å². The van der Waals surface area contributed by atoms with Crippen LogP contribution in [-0.2, 0) is 4.74 Å². The Hall–Kier alpha value is -4.59. The minimum Gasteiger partial charge on any atom is -0.493 e. The molecule has 0 fully saturated rings. The summed E-state index contributed by atoms with van der Waals surface area (Å²) < 4.78 is 21.0. The summed E-state index contributed by atoms with van der Waals surface area (Å²) in [5.74, 6) is -1.14. The number of anilines is 1. The molecule has 4 aromatic rings. The van der Waals surface area contributed by atoms with Crippen LogP contribution in [0.5, 0.6) is 11.5 Å². The SMILES string of the molecule is COc1cc(NC(=O)c2ccco2)c(C(=O)OCC(=O)c2cccc3ccccc23)cc1OC. The van der Waals surface area contributed by atoms with Crippen molar-refractivity contribution in [2.75, 3.05) is 26.1 Å². The maximum Gasteiger partial charge on any atom is 0.340 e. The van der Waals surface area contributed by atoms with E-state index in [1.165, 1.54) is 38.7 Å². The Morgan fingerprint density at radius 1 is 0.853 bits per heavy atom. The number of esters is 1. The van der Waals surface area contributed by atoms with Gasteiger partial charge in [-0.05, 0) is 22.9 Å². The van der Waals surface area contributed by atoms with Crippen molar-refractivity contribution in [2.45, 2.75) is 0 Å². The normalized spacial score (nSPS) is 10.5. The number of amides is 1. The van der Waals surface area contributed by atoms with Crippen LogP contribution in [0, 0.1) is 0 Å². The van der Waals surface area contributed by atoms with Crippen LogP contribution >= 0.6 is 0 Å². The van der Waals surface area contributed by atoms with Gasteiger partial charge in [0.1, 0.15) is 0 Å². The second-order valence-electron chi connectivity index (χ2n) is 7.21. The first-order valence-electron chi connectivity index (χ1n) is 10.3. The summed E-state index contributed by atoms with van der Waals surface area (Å²) in [6.07, 6.45) is 1.36. The summed E-state index contributed by atoms with van der Waals surface area (Å²) in [4.78, 5) is 38.3. The summed E-state index contributed by atoms with van der Waals surface area (Å²) in [5, 5.41) is 4.28. The van der Waals surface area contributed by atoms with Crippen molar-refractivity contribution in [1.82, 2.24) is 0 Å². The first-order chi connectivity index (χ1) is 16.5. The second kappa shape index (κ2) is 9.91. The number of methoxy groups -OCH3 is 2. The molecule has 0 unspecified atom stereocenters. The van der Waals surface area contributed by atoms with Gasteiger partial charge in [0, 0.05) is 17.7 Å². The molecule has 0 bridgehead atoms. The third kappa shape index (κ3) is 4.61. The largest absolute Gasteiger partial charge is 0.493 e. The Morgan fingerprint density at radius 2 is 1.59 bits per heavy atom. The molecule has 4 rings (SSSR count). The molecule has 0 aliphatic carbocycles. The molecule has 8 heteroatoms. The van der Waals surface area contributed by atoms with Gasteiger partial charge in [0.15, 0.2) is 23.9 Å². The van der Waals surface area contributed by atoms with E-state index in [0.29, 0.717) is 11.3 Å². The number of Topliss-reactive ketones (excluding diaryl/α,β-unsaturated/α-hetero) is 1. The maximum atomic E-state index is 13.0. The average Bonchev–Trinajstić information content (AvgIpc) is 3.41. The van der Waals surface area contributed by atoms with Crippen LogP contribution in [0.25, 0.3) is 10.8 Å². The highest BCUT2D eigenvalue weighted by atomic mass is 16.5. The second-order valence-corrected chi connectivity index (χ2v) is 7.21. The third-order valence-electron chi connectivity index (χ3n) is 5.16. The molecular weight excluding hydrogens is 438 g/mol. The molecular formula is C26H21NO7. The molecule has 34 heavy (non-hydrogen) atoms. The van der Waals surface area contributed by atoms with E-state index >= 15 is 0 Å². The minimum atomic E-state index is -0.815. The Bertz CT molecular complexity index is 1350. The van der Waals surface area contributed by atoms with Crippen molar-refractivity contribution < 1.29 is 33.0 Å². The van der Waals surface area contributed by atoms with Gasteiger partial charge in [0.25, 0.3) is 5.91 Å². The number of rotatable bonds is 8. The van der Waals surface area contributed by atoms with Gasteiger partial charge in [-0.15, -0.1) is 0 Å². The summed E-state index contributed by atoms with van der Waals surface area (Å²) in [5.41, 5.74) is 0.550. The fourth-order valence-electron chi connectivity index (χ4n) is 3.50. The fourth-order valence-corrected chi connectivity index (χ4v) is 3.50. The van der Waals surface area contributed by atoms with Crippen molar-refractivity contribution in [3.05, 3.63) is 89.9 Å². The molecule has 172 valence electrons.